The quantitative estimate of drug-likeness (QED) is 0.131. The van der Waals surface area contributed by atoms with Crippen LogP contribution in [0.3, 0.4) is 0 Å². The average molecular weight is 752 g/mol. The van der Waals surface area contributed by atoms with E-state index in [1.54, 1.807) is 24.3 Å². The number of carbonyl (C=O) groups excluding carboxylic acids is 4. The van der Waals surface area contributed by atoms with Crippen LogP contribution in [0.15, 0.2) is 72.8 Å². The summed E-state index contributed by atoms with van der Waals surface area (Å²) in [7, 11) is 2.80. The van der Waals surface area contributed by atoms with Crippen molar-refractivity contribution >= 4 is 45.8 Å². The molecule has 2 aliphatic carbocycles. The number of rotatable bonds is 13. The molecule has 2 amide bonds. The lowest BCUT2D eigenvalue weighted by Gasteiger charge is -2.39. The highest BCUT2D eigenvalue weighted by atomic mass is 32.1. The second kappa shape index (κ2) is 17.9. The SMILES string of the molecule is COC(=O)c1ccc(OCc2ccc(NC(=O)c3c(NC(=O)c4cccc(CN(C(C)C)C5CCC(C(=O)OC)CC5)c4)sc4c3CCCC4)cc2)cc1. The van der Waals surface area contributed by atoms with Crippen LogP contribution >= 0.6 is 11.3 Å². The number of carbonyl (C=O) groups is 4. The fourth-order valence-electron chi connectivity index (χ4n) is 7.48. The summed E-state index contributed by atoms with van der Waals surface area (Å²) in [6, 6.07) is 22.6. The molecule has 0 bridgehead atoms. The molecule has 1 fully saturated rings. The number of hydrogen-bond acceptors (Lipinski definition) is 9. The van der Waals surface area contributed by atoms with E-state index in [-0.39, 0.29) is 23.7 Å². The van der Waals surface area contributed by atoms with Crippen LogP contribution in [0.4, 0.5) is 10.7 Å². The van der Waals surface area contributed by atoms with Crippen LogP contribution in [0.25, 0.3) is 0 Å². The Morgan fingerprint density at radius 3 is 2.20 bits per heavy atom. The van der Waals surface area contributed by atoms with Gasteiger partial charge in [-0.15, -0.1) is 11.3 Å². The number of ether oxygens (including phenoxy) is 3. The molecule has 0 aliphatic heterocycles. The number of thiophene rings is 1. The summed E-state index contributed by atoms with van der Waals surface area (Å²) in [4.78, 5) is 55.1. The van der Waals surface area contributed by atoms with Crippen molar-refractivity contribution in [2.75, 3.05) is 24.9 Å². The Morgan fingerprint density at radius 2 is 1.52 bits per heavy atom. The maximum atomic E-state index is 13.9. The van der Waals surface area contributed by atoms with Crippen molar-refractivity contribution in [2.45, 2.75) is 90.4 Å². The molecule has 10 nitrogen and oxygen atoms in total. The molecule has 1 saturated carbocycles. The minimum Gasteiger partial charge on any atom is -0.489 e. The Balaban J connectivity index is 1.10. The molecular weight excluding hydrogens is 703 g/mol. The van der Waals surface area contributed by atoms with Gasteiger partial charge >= 0.3 is 11.9 Å². The van der Waals surface area contributed by atoms with Crippen LogP contribution in [0.1, 0.15) is 105 Å². The van der Waals surface area contributed by atoms with Crippen molar-refractivity contribution in [3.63, 3.8) is 0 Å². The summed E-state index contributed by atoms with van der Waals surface area (Å²) in [5.41, 5.74) is 5.14. The van der Waals surface area contributed by atoms with E-state index in [1.165, 1.54) is 25.6 Å². The highest BCUT2D eigenvalue weighted by Gasteiger charge is 2.31. The van der Waals surface area contributed by atoms with Crippen LogP contribution in [0, 0.1) is 5.92 Å². The molecule has 4 aromatic rings. The number of nitrogens with one attached hydrogen (secondary N) is 2. The monoisotopic (exact) mass is 751 g/mol. The van der Waals surface area contributed by atoms with Gasteiger partial charge in [-0.3, -0.25) is 19.3 Å². The van der Waals surface area contributed by atoms with Gasteiger partial charge in [0.2, 0.25) is 0 Å². The Hall–Kier alpha value is -5.00. The van der Waals surface area contributed by atoms with Crippen molar-refractivity contribution in [1.82, 2.24) is 4.90 Å². The molecule has 0 radical (unpaired) electrons. The van der Waals surface area contributed by atoms with E-state index < -0.39 is 5.97 Å². The molecule has 6 rings (SSSR count). The minimum absolute atomic E-state index is 0.0273. The first-order valence-corrected chi connectivity index (χ1v) is 19.5. The van der Waals surface area contributed by atoms with Crippen LogP contribution < -0.4 is 15.4 Å². The first-order valence-electron chi connectivity index (χ1n) is 18.7. The van der Waals surface area contributed by atoms with Crippen molar-refractivity contribution in [1.29, 1.82) is 0 Å². The van der Waals surface area contributed by atoms with Gasteiger partial charge in [0.1, 0.15) is 17.4 Å². The van der Waals surface area contributed by atoms with Crippen molar-refractivity contribution in [3.8, 4) is 5.75 Å². The van der Waals surface area contributed by atoms with E-state index in [2.05, 4.69) is 35.4 Å². The molecule has 0 spiro atoms. The zero-order valence-corrected chi connectivity index (χ0v) is 32.3. The van der Waals surface area contributed by atoms with Gasteiger partial charge in [-0.25, -0.2) is 4.79 Å². The second-order valence-electron chi connectivity index (χ2n) is 14.3. The Labute approximate surface area is 321 Å². The van der Waals surface area contributed by atoms with E-state index in [0.717, 1.165) is 72.9 Å². The normalized spacial score (nSPS) is 16.7. The maximum absolute atomic E-state index is 13.9. The molecule has 3 aromatic carbocycles. The standard InChI is InChI=1S/C43H49N3O7S/c1-27(2)46(34-20-14-30(15-21-34)42(49)51-3)25-29-8-7-9-32(24-29)39(47)45-41-38(36-10-5-6-11-37(36)54-41)40(48)44-33-18-12-28(13-19-33)26-53-35-22-16-31(17-23-35)43(50)52-4/h7-9,12-13,16-19,22-24,27,30,34H,5-6,10-11,14-15,20-21,25-26H2,1-4H3,(H,44,48)(H,45,47). The number of hydrogen-bond donors (Lipinski definition) is 2. The Bertz CT molecular complexity index is 1950. The molecule has 0 atom stereocenters. The Morgan fingerprint density at radius 1 is 0.796 bits per heavy atom. The van der Waals surface area contributed by atoms with E-state index in [9.17, 15) is 19.2 Å². The zero-order chi connectivity index (χ0) is 38.2. The number of amides is 2. The summed E-state index contributed by atoms with van der Waals surface area (Å²) in [6.45, 7) is 5.39. The van der Waals surface area contributed by atoms with Crippen LogP contribution in [0.2, 0.25) is 0 Å². The van der Waals surface area contributed by atoms with Crippen LogP contribution in [-0.2, 0) is 40.3 Å². The number of aryl methyl sites for hydroxylation is 1. The molecular formula is C43H49N3O7S. The summed E-state index contributed by atoms with van der Waals surface area (Å²) >= 11 is 1.50. The number of nitrogens with zero attached hydrogens (tertiary/aromatic N) is 1. The summed E-state index contributed by atoms with van der Waals surface area (Å²) < 4.78 is 15.6. The third-order valence-electron chi connectivity index (χ3n) is 10.4. The molecule has 2 N–H and O–H groups in total. The summed E-state index contributed by atoms with van der Waals surface area (Å²) in [6.07, 6.45) is 7.24. The summed E-state index contributed by atoms with van der Waals surface area (Å²) in [5.74, 6) is -0.418. The molecule has 1 aromatic heterocycles. The number of methoxy groups -OCH3 is 2. The Kier molecular flexibility index (Phi) is 12.8. The smallest absolute Gasteiger partial charge is 0.337 e. The largest absolute Gasteiger partial charge is 0.489 e. The van der Waals surface area contributed by atoms with Gasteiger partial charge in [0.05, 0.1) is 31.3 Å². The molecule has 11 heteroatoms. The molecule has 284 valence electrons. The van der Waals surface area contributed by atoms with Gasteiger partial charge in [-0.05, 0) is 130 Å². The van der Waals surface area contributed by atoms with E-state index in [0.29, 0.717) is 58.4 Å². The fourth-order valence-corrected chi connectivity index (χ4v) is 8.77. The fraction of sp³-hybridized carbons (Fsp3) is 0.395. The molecule has 0 unspecified atom stereocenters. The predicted molar refractivity (Wildman–Crippen MR) is 210 cm³/mol. The third-order valence-corrected chi connectivity index (χ3v) is 11.6. The van der Waals surface area contributed by atoms with Crippen molar-refractivity contribution in [3.05, 3.63) is 111 Å². The predicted octanol–water partition coefficient (Wildman–Crippen LogP) is 8.44. The molecule has 54 heavy (non-hydrogen) atoms. The van der Waals surface area contributed by atoms with Gasteiger partial charge in [0.15, 0.2) is 0 Å². The van der Waals surface area contributed by atoms with Gasteiger partial charge in [0, 0.05) is 34.8 Å². The number of esters is 2. The van der Waals surface area contributed by atoms with Crippen LogP contribution in [0.5, 0.6) is 5.75 Å². The first-order chi connectivity index (χ1) is 26.1. The first kappa shape index (κ1) is 38.7. The van der Waals surface area contributed by atoms with E-state index >= 15 is 0 Å². The van der Waals surface area contributed by atoms with Gasteiger partial charge in [-0.1, -0.05) is 24.3 Å². The average Bonchev–Trinajstić information content (AvgIpc) is 3.57. The van der Waals surface area contributed by atoms with Crippen LogP contribution in [-0.4, -0.2) is 55.0 Å². The maximum Gasteiger partial charge on any atom is 0.337 e. The molecule has 2 aliphatic rings. The number of anilines is 2. The zero-order valence-electron chi connectivity index (χ0n) is 31.4. The lowest BCUT2D eigenvalue weighted by molar-refractivity contribution is -0.147. The lowest BCUT2D eigenvalue weighted by Crippen LogP contribution is -2.42. The van der Waals surface area contributed by atoms with Gasteiger partial charge in [0.25, 0.3) is 11.8 Å². The number of fused-ring (bicyclic) bond motifs is 1. The highest BCUT2D eigenvalue weighted by molar-refractivity contribution is 7.17. The lowest BCUT2D eigenvalue weighted by atomic mass is 9.84. The molecule has 0 saturated heterocycles. The second-order valence-corrected chi connectivity index (χ2v) is 15.4. The highest BCUT2D eigenvalue weighted by Crippen LogP contribution is 2.39. The minimum atomic E-state index is -0.403. The van der Waals surface area contributed by atoms with Crippen molar-refractivity contribution in [2.24, 2.45) is 5.92 Å². The topological polar surface area (TPSA) is 123 Å². The third kappa shape index (κ3) is 9.37. The summed E-state index contributed by atoms with van der Waals surface area (Å²) in [5, 5.41) is 6.74. The van der Waals surface area contributed by atoms with Crippen molar-refractivity contribution < 1.29 is 33.4 Å². The van der Waals surface area contributed by atoms with E-state index in [4.69, 9.17) is 14.2 Å². The van der Waals surface area contributed by atoms with E-state index in [1.807, 2.05) is 42.5 Å². The molecule has 1 heterocycles. The van der Waals surface area contributed by atoms with Gasteiger partial charge < -0.3 is 24.8 Å². The number of benzene rings is 3. The van der Waals surface area contributed by atoms with Gasteiger partial charge in [-0.2, -0.15) is 0 Å².